The number of benzene rings is 2. The maximum absolute atomic E-state index is 6.59. The molecule has 1 unspecified atom stereocenters. The smallest absolute Gasteiger partial charge is 0.0631 e. The standard InChI is InChI=1S/C30H45BrO/c1-7-8-9-10-11-12-13-28(30(5,6)29(2,3)4)32-23-22-24-14-16-25(17-15-24)26-18-20-27(31)21-19-26/h14-21,28H,7-13,22-23H2,1-6H3. The first-order valence-electron chi connectivity index (χ1n) is 12.6. The number of halogens is 1. The van der Waals surface area contributed by atoms with Crippen LogP contribution in [0.2, 0.25) is 0 Å². The Morgan fingerprint density at radius 1 is 0.750 bits per heavy atom. The summed E-state index contributed by atoms with van der Waals surface area (Å²) in [5.41, 5.74) is 4.21. The van der Waals surface area contributed by atoms with E-state index in [2.05, 4.69) is 106 Å². The summed E-state index contributed by atoms with van der Waals surface area (Å²) >= 11 is 3.51. The van der Waals surface area contributed by atoms with Crippen molar-refractivity contribution >= 4 is 15.9 Å². The maximum atomic E-state index is 6.59. The summed E-state index contributed by atoms with van der Waals surface area (Å²) < 4.78 is 7.70. The number of unbranched alkanes of at least 4 members (excludes halogenated alkanes) is 5. The van der Waals surface area contributed by atoms with Gasteiger partial charge in [-0.15, -0.1) is 0 Å². The molecular weight excluding hydrogens is 456 g/mol. The fourth-order valence-corrected chi connectivity index (χ4v) is 4.34. The van der Waals surface area contributed by atoms with Gasteiger partial charge in [0.05, 0.1) is 12.7 Å². The van der Waals surface area contributed by atoms with Crippen molar-refractivity contribution in [1.29, 1.82) is 0 Å². The van der Waals surface area contributed by atoms with Crippen LogP contribution in [-0.4, -0.2) is 12.7 Å². The highest BCUT2D eigenvalue weighted by atomic mass is 79.9. The minimum absolute atomic E-state index is 0.141. The fourth-order valence-electron chi connectivity index (χ4n) is 4.07. The summed E-state index contributed by atoms with van der Waals surface area (Å²) in [5.74, 6) is 0. The molecule has 0 aromatic heterocycles. The Morgan fingerprint density at radius 2 is 1.28 bits per heavy atom. The molecule has 2 rings (SSSR count). The van der Waals surface area contributed by atoms with E-state index in [0.29, 0.717) is 6.10 Å². The second-order valence-corrected chi connectivity index (χ2v) is 11.8. The van der Waals surface area contributed by atoms with Gasteiger partial charge in [0, 0.05) is 4.47 Å². The lowest BCUT2D eigenvalue weighted by atomic mass is 9.65. The van der Waals surface area contributed by atoms with Crippen molar-refractivity contribution in [2.45, 2.75) is 99.0 Å². The van der Waals surface area contributed by atoms with Crippen LogP contribution >= 0.6 is 15.9 Å². The SMILES string of the molecule is CCCCCCCCC(OCCc1ccc(-c2ccc(Br)cc2)cc1)C(C)(C)C(C)(C)C. The fraction of sp³-hybridized carbons (Fsp3) is 0.600. The molecule has 1 atom stereocenters. The highest BCUT2D eigenvalue weighted by Crippen LogP contribution is 2.43. The summed E-state index contributed by atoms with van der Waals surface area (Å²) in [6.45, 7) is 14.9. The van der Waals surface area contributed by atoms with E-state index in [4.69, 9.17) is 4.74 Å². The van der Waals surface area contributed by atoms with E-state index in [0.717, 1.165) is 17.5 Å². The first-order valence-corrected chi connectivity index (χ1v) is 13.4. The molecular formula is C30H45BrO. The average Bonchev–Trinajstić information content (AvgIpc) is 2.75. The summed E-state index contributed by atoms with van der Waals surface area (Å²) in [7, 11) is 0. The van der Waals surface area contributed by atoms with E-state index >= 15 is 0 Å². The summed E-state index contributed by atoms with van der Waals surface area (Å²) in [5, 5.41) is 0. The Bertz CT molecular complexity index is 768. The Kier molecular flexibility index (Phi) is 11.0. The van der Waals surface area contributed by atoms with Gasteiger partial charge in [0.2, 0.25) is 0 Å². The zero-order valence-electron chi connectivity index (χ0n) is 21.3. The molecule has 2 aromatic rings. The number of hydrogen-bond acceptors (Lipinski definition) is 1. The van der Waals surface area contributed by atoms with Crippen molar-refractivity contribution in [2.24, 2.45) is 10.8 Å². The maximum Gasteiger partial charge on any atom is 0.0631 e. The first-order chi connectivity index (χ1) is 15.1. The Hall–Kier alpha value is -1.12. The van der Waals surface area contributed by atoms with Gasteiger partial charge in [-0.05, 0) is 52.5 Å². The van der Waals surface area contributed by atoms with Crippen LogP contribution in [-0.2, 0) is 11.2 Å². The number of hydrogen-bond donors (Lipinski definition) is 0. The zero-order chi connectivity index (χ0) is 23.6. The van der Waals surface area contributed by atoms with Gasteiger partial charge in [-0.2, -0.15) is 0 Å². The molecule has 0 aliphatic rings. The highest BCUT2D eigenvalue weighted by molar-refractivity contribution is 9.10. The van der Waals surface area contributed by atoms with E-state index in [1.54, 1.807) is 0 Å². The summed E-state index contributed by atoms with van der Waals surface area (Å²) in [4.78, 5) is 0. The minimum atomic E-state index is 0.141. The van der Waals surface area contributed by atoms with E-state index in [1.807, 2.05) is 0 Å². The molecule has 0 spiro atoms. The topological polar surface area (TPSA) is 9.23 Å². The van der Waals surface area contributed by atoms with Gasteiger partial charge in [-0.1, -0.05) is 132 Å². The quantitative estimate of drug-likeness (QED) is 0.248. The lowest BCUT2D eigenvalue weighted by molar-refractivity contribution is -0.0795. The highest BCUT2D eigenvalue weighted by Gasteiger charge is 2.40. The van der Waals surface area contributed by atoms with Gasteiger partial charge in [0.25, 0.3) is 0 Å². The Balaban J connectivity index is 1.91. The van der Waals surface area contributed by atoms with Crippen LogP contribution in [0, 0.1) is 10.8 Å². The number of ether oxygens (including phenoxy) is 1. The Morgan fingerprint density at radius 3 is 1.84 bits per heavy atom. The Labute approximate surface area is 206 Å². The van der Waals surface area contributed by atoms with E-state index in [-0.39, 0.29) is 10.8 Å². The molecule has 0 aliphatic carbocycles. The van der Waals surface area contributed by atoms with Crippen LogP contribution in [0.15, 0.2) is 53.0 Å². The molecule has 32 heavy (non-hydrogen) atoms. The monoisotopic (exact) mass is 500 g/mol. The molecule has 0 saturated carbocycles. The van der Waals surface area contributed by atoms with Gasteiger partial charge in [-0.25, -0.2) is 0 Å². The van der Waals surface area contributed by atoms with Crippen molar-refractivity contribution < 1.29 is 4.74 Å². The van der Waals surface area contributed by atoms with Crippen LogP contribution in [0.3, 0.4) is 0 Å². The lowest BCUT2D eigenvalue weighted by Crippen LogP contribution is -2.42. The molecule has 2 aromatic carbocycles. The lowest BCUT2D eigenvalue weighted by Gasteiger charge is -2.45. The van der Waals surface area contributed by atoms with Crippen LogP contribution in [0.25, 0.3) is 11.1 Å². The van der Waals surface area contributed by atoms with Gasteiger partial charge in [0.1, 0.15) is 0 Å². The molecule has 2 heteroatoms. The molecule has 0 bridgehead atoms. The normalized spacial score (nSPS) is 13.3. The second kappa shape index (κ2) is 12.9. The molecule has 1 nitrogen and oxygen atoms in total. The molecule has 0 heterocycles. The van der Waals surface area contributed by atoms with Gasteiger partial charge in [-0.3, -0.25) is 0 Å². The molecule has 0 N–H and O–H groups in total. The zero-order valence-corrected chi connectivity index (χ0v) is 22.9. The molecule has 0 aliphatic heterocycles. The number of rotatable bonds is 13. The average molecular weight is 502 g/mol. The molecule has 0 fully saturated rings. The van der Waals surface area contributed by atoms with Crippen molar-refractivity contribution in [1.82, 2.24) is 0 Å². The van der Waals surface area contributed by atoms with Crippen LogP contribution < -0.4 is 0 Å². The van der Waals surface area contributed by atoms with Gasteiger partial charge >= 0.3 is 0 Å². The summed E-state index contributed by atoms with van der Waals surface area (Å²) in [6.07, 6.45) is 10.5. The predicted molar refractivity (Wildman–Crippen MR) is 144 cm³/mol. The minimum Gasteiger partial charge on any atom is -0.377 e. The van der Waals surface area contributed by atoms with Gasteiger partial charge in [0.15, 0.2) is 0 Å². The van der Waals surface area contributed by atoms with Crippen molar-refractivity contribution in [3.8, 4) is 11.1 Å². The molecule has 0 saturated heterocycles. The van der Waals surface area contributed by atoms with Crippen LogP contribution in [0.5, 0.6) is 0 Å². The third-order valence-electron chi connectivity index (χ3n) is 7.40. The third kappa shape index (κ3) is 8.34. The molecule has 178 valence electrons. The molecule has 0 amide bonds. The second-order valence-electron chi connectivity index (χ2n) is 10.8. The van der Waals surface area contributed by atoms with E-state index in [1.165, 1.54) is 61.6 Å². The van der Waals surface area contributed by atoms with Crippen molar-refractivity contribution in [3.05, 3.63) is 58.6 Å². The van der Waals surface area contributed by atoms with Gasteiger partial charge < -0.3 is 4.74 Å². The first kappa shape index (κ1) is 27.1. The van der Waals surface area contributed by atoms with E-state index in [9.17, 15) is 0 Å². The molecule has 0 radical (unpaired) electrons. The largest absolute Gasteiger partial charge is 0.377 e. The predicted octanol–water partition coefficient (Wildman–Crippen LogP) is 9.87. The summed E-state index contributed by atoms with van der Waals surface area (Å²) in [6, 6.07) is 17.5. The van der Waals surface area contributed by atoms with Crippen molar-refractivity contribution in [3.63, 3.8) is 0 Å². The third-order valence-corrected chi connectivity index (χ3v) is 7.93. The van der Waals surface area contributed by atoms with Crippen LogP contribution in [0.1, 0.15) is 92.1 Å². The van der Waals surface area contributed by atoms with E-state index < -0.39 is 0 Å². The van der Waals surface area contributed by atoms with Crippen molar-refractivity contribution in [2.75, 3.05) is 6.61 Å². The van der Waals surface area contributed by atoms with Crippen LogP contribution in [0.4, 0.5) is 0 Å².